The highest BCUT2D eigenvalue weighted by atomic mass is 16.4. The molecular formula is C7H17N5O2. The summed E-state index contributed by atoms with van der Waals surface area (Å²) in [5.74, 6) is -0.510. The van der Waals surface area contributed by atoms with Gasteiger partial charge in [0, 0.05) is 13.1 Å². The Balaban J connectivity index is 3.78. The van der Waals surface area contributed by atoms with Crippen LogP contribution in [0.3, 0.4) is 0 Å². The number of rotatable bonds is 5. The van der Waals surface area contributed by atoms with Gasteiger partial charge in [0.1, 0.15) is 6.54 Å². The molecule has 0 aliphatic heterocycles. The van der Waals surface area contributed by atoms with E-state index in [1.54, 1.807) is 7.05 Å². The lowest BCUT2D eigenvalue weighted by Gasteiger charge is -2.10. The Labute approximate surface area is 82.9 Å². The van der Waals surface area contributed by atoms with Gasteiger partial charge in [-0.2, -0.15) is 0 Å². The predicted octanol–water partition coefficient (Wildman–Crippen LogP) is -1.35. The van der Waals surface area contributed by atoms with Gasteiger partial charge in [0.15, 0.2) is 0 Å². The van der Waals surface area contributed by atoms with Gasteiger partial charge in [0.2, 0.25) is 5.96 Å². The zero-order chi connectivity index (χ0) is 11.0. The molecule has 0 spiro atoms. The molecule has 7 heteroatoms. The molecule has 0 saturated carbocycles. The van der Waals surface area contributed by atoms with Crippen LogP contribution in [-0.2, 0) is 4.79 Å². The molecular weight excluding hydrogens is 186 g/mol. The Morgan fingerprint density at radius 3 is 2.57 bits per heavy atom. The molecule has 0 aromatic heterocycles. The van der Waals surface area contributed by atoms with E-state index in [0.717, 1.165) is 0 Å². The predicted molar refractivity (Wildman–Crippen MR) is 53.5 cm³/mol. The van der Waals surface area contributed by atoms with Crippen LogP contribution in [0.5, 0.6) is 0 Å². The van der Waals surface area contributed by atoms with Gasteiger partial charge < -0.3 is 15.8 Å². The molecule has 0 fully saturated rings. The number of hydrazone groups is 1. The van der Waals surface area contributed by atoms with Crippen molar-refractivity contribution in [1.29, 1.82) is 0 Å². The number of hydrogen-bond acceptors (Lipinski definition) is 4. The molecule has 14 heavy (non-hydrogen) atoms. The fourth-order valence-electron chi connectivity index (χ4n) is 0.544. The second-order valence-electron chi connectivity index (χ2n) is 2.87. The second-order valence-corrected chi connectivity index (χ2v) is 2.87. The number of carboxylic acid groups (broad SMARTS) is 1. The summed E-state index contributed by atoms with van der Waals surface area (Å²) in [6, 6.07) is 0.222. The van der Waals surface area contributed by atoms with Gasteiger partial charge >= 0.3 is 5.97 Å². The van der Waals surface area contributed by atoms with Gasteiger partial charge in [0.25, 0.3) is 0 Å². The molecule has 82 valence electrons. The van der Waals surface area contributed by atoms with Crippen molar-refractivity contribution in [2.24, 2.45) is 5.10 Å². The first-order valence-electron chi connectivity index (χ1n) is 4.28. The van der Waals surface area contributed by atoms with Crippen LogP contribution in [-0.4, -0.2) is 36.7 Å². The fraction of sp³-hybridized carbons (Fsp3) is 0.714. The summed E-state index contributed by atoms with van der Waals surface area (Å²) in [7, 11) is 1.68. The third-order valence-corrected chi connectivity index (χ3v) is 1.12. The summed E-state index contributed by atoms with van der Waals surface area (Å²) in [6.45, 7) is 3.71. The molecule has 0 amide bonds. The van der Waals surface area contributed by atoms with Crippen LogP contribution in [0.2, 0.25) is 0 Å². The maximum atomic E-state index is 10.2. The molecule has 0 bridgehead atoms. The van der Waals surface area contributed by atoms with Crippen LogP contribution in [0.4, 0.5) is 0 Å². The van der Waals surface area contributed by atoms with Crippen molar-refractivity contribution in [3.8, 4) is 0 Å². The minimum Gasteiger partial charge on any atom is -0.480 e. The van der Waals surface area contributed by atoms with E-state index in [2.05, 4.69) is 26.7 Å². The zero-order valence-corrected chi connectivity index (χ0v) is 8.59. The molecule has 0 saturated heterocycles. The Morgan fingerprint density at radius 2 is 2.14 bits per heavy atom. The van der Waals surface area contributed by atoms with Crippen LogP contribution in [0.25, 0.3) is 0 Å². The molecule has 0 rings (SSSR count). The highest BCUT2D eigenvalue weighted by Crippen LogP contribution is 1.74. The summed E-state index contributed by atoms with van der Waals surface area (Å²) < 4.78 is 0. The molecule has 0 aliphatic carbocycles. The summed E-state index contributed by atoms with van der Waals surface area (Å²) in [6.07, 6.45) is 0. The maximum Gasteiger partial charge on any atom is 0.319 e. The number of hydrogen-bond donors (Lipinski definition) is 5. The number of aliphatic carboxylic acids is 1. The largest absolute Gasteiger partial charge is 0.480 e. The van der Waals surface area contributed by atoms with Crippen molar-refractivity contribution < 1.29 is 9.90 Å². The first kappa shape index (κ1) is 12.5. The smallest absolute Gasteiger partial charge is 0.319 e. The summed E-state index contributed by atoms with van der Waals surface area (Å²) >= 11 is 0. The molecule has 0 unspecified atom stereocenters. The van der Waals surface area contributed by atoms with Crippen molar-refractivity contribution in [2.45, 2.75) is 19.9 Å². The lowest BCUT2D eigenvalue weighted by molar-refractivity contribution is -0.136. The van der Waals surface area contributed by atoms with Crippen LogP contribution in [0.15, 0.2) is 5.10 Å². The van der Waals surface area contributed by atoms with E-state index in [9.17, 15) is 4.79 Å². The topological polar surface area (TPSA) is 97.8 Å². The Hall–Kier alpha value is -1.50. The Kier molecular flexibility index (Phi) is 6.21. The SMILES string of the molecule is CN/C(=N\NC(C)C)NNCC(=O)O. The Bertz CT molecular complexity index is 204. The van der Waals surface area contributed by atoms with Gasteiger partial charge in [-0.15, -0.1) is 5.10 Å². The molecule has 5 N–H and O–H groups in total. The fourth-order valence-corrected chi connectivity index (χ4v) is 0.544. The molecule has 0 atom stereocenters. The van der Waals surface area contributed by atoms with Gasteiger partial charge in [-0.3, -0.25) is 10.2 Å². The van der Waals surface area contributed by atoms with Crippen molar-refractivity contribution in [3.05, 3.63) is 0 Å². The summed E-state index contributed by atoms with van der Waals surface area (Å²) in [4.78, 5) is 10.2. The molecule has 0 aromatic rings. The molecule has 0 radical (unpaired) electrons. The number of hydrazine groups is 1. The number of nitrogens with one attached hydrogen (secondary N) is 4. The maximum absolute atomic E-state index is 10.2. The average Bonchev–Trinajstić information content (AvgIpc) is 2.10. The normalized spacial score (nSPS) is 11.3. The highest BCUT2D eigenvalue weighted by Gasteiger charge is 1.97. The van der Waals surface area contributed by atoms with E-state index >= 15 is 0 Å². The van der Waals surface area contributed by atoms with E-state index in [-0.39, 0.29) is 12.6 Å². The monoisotopic (exact) mass is 203 g/mol. The van der Waals surface area contributed by atoms with Gasteiger partial charge in [-0.05, 0) is 13.8 Å². The van der Waals surface area contributed by atoms with E-state index in [1.807, 2.05) is 13.8 Å². The van der Waals surface area contributed by atoms with Crippen molar-refractivity contribution >= 4 is 11.9 Å². The van der Waals surface area contributed by atoms with E-state index in [4.69, 9.17) is 5.11 Å². The van der Waals surface area contributed by atoms with E-state index in [0.29, 0.717) is 5.96 Å². The lowest BCUT2D eigenvalue weighted by atomic mass is 10.4. The van der Waals surface area contributed by atoms with Gasteiger partial charge in [-0.1, -0.05) is 0 Å². The minimum absolute atomic E-state index is 0.178. The minimum atomic E-state index is -0.940. The van der Waals surface area contributed by atoms with Crippen LogP contribution in [0.1, 0.15) is 13.8 Å². The van der Waals surface area contributed by atoms with Crippen molar-refractivity contribution in [1.82, 2.24) is 21.6 Å². The van der Waals surface area contributed by atoms with E-state index in [1.165, 1.54) is 0 Å². The number of carbonyl (C=O) groups is 1. The summed E-state index contributed by atoms with van der Waals surface area (Å²) in [5, 5.41) is 15.0. The van der Waals surface area contributed by atoms with Crippen molar-refractivity contribution in [2.75, 3.05) is 13.6 Å². The molecule has 0 aromatic carbocycles. The second kappa shape index (κ2) is 6.96. The average molecular weight is 203 g/mol. The van der Waals surface area contributed by atoms with Crippen LogP contribution < -0.4 is 21.6 Å². The first-order valence-corrected chi connectivity index (χ1v) is 4.28. The standard InChI is InChI=1S/C7H17N5O2/c1-5(2)10-12-7(8-3)11-9-4-6(13)14/h5,9-10H,4H2,1-3H3,(H,13,14)(H2,8,11,12). The van der Waals surface area contributed by atoms with E-state index < -0.39 is 5.97 Å². The van der Waals surface area contributed by atoms with Crippen LogP contribution >= 0.6 is 0 Å². The lowest BCUT2D eigenvalue weighted by Crippen LogP contribution is -2.47. The summed E-state index contributed by atoms with van der Waals surface area (Å²) in [5.41, 5.74) is 7.89. The quantitative estimate of drug-likeness (QED) is 0.215. The van der Waals surface area contributed by atoms with Crippen LogP contribution in [0, 0.1) is 0 Å². The number of guanidine groups is 1. The van der Waals surface area contributed by atoms with Gasteiger partial charge in [-0.25, -0.2) is 5.43 Å². The first-order chi connectivity index (χ1) is 6.56. The Morgan fingerprint density at radius 1 is 1.50 bits per heavy atom. The van der Waals surface area contributed by atoms with Gasteiger partial charge in [0.05, 0.1) is 0 Å². The third-order valence-electron chi connectivity index (χ3n) is 1.12. The number of nitrogens with zero attached hydrogens (tertiary/aromatic N) is 1. The molecule has 0 heterocycles. The molecule has 7 nitrogen and oxygen atoms in total. The zero-order valence-electron chi connectivity index (χ0n) is 8.59. The third kappa shape index (κ3) is 7.17. The molecule has 0 aliphatic rings. The highest BCUT2D eigenvalue weighted by molar-refractivity contribution is 5.79. The number of carboxylic acids is 1. The van der Waals surface area contributed by atoms with Crippen molar-refractivity contribution in [3.63, 3.8) is 0 Å².